The molecule has 0 aromatic heterocycles. The standard InChI is InChI=1S/C13H18F3N/c1-9(8-17-3)6-11-4-5-12(7-10(11)2)13(14,15)16/h4-5,7,9,17H,6,8H2,1-3H3. The minimum atomic E-state index is -4.25. The second kappa shape index (κ2) is 5.54. The number of rotatable bonds is 4. The second-order valence-electron chi connectivity index (χ2n) is 4.51. The molecule has 0 radical (unpaired) electrons. The van der Waals surface area contributed by atoms with Crippen LogP contribution < -0.4 is 5.32 Å². The van der Waals surface area contributed by atoms with E-state index >= 15 is 0 Å². The van der Waals surface area contributed by atoms with Crippen LogP contribution in [0.1, 0.15) is 23.6 Å². The van der Waals surface area contributed by atoms with Crippen molar-refractivity contribution in [3.05, 3.63) is 34.9 Å². The van der Waals surface area contributed by atoms with Gasteiger partial charge in [0.25, 0.3) is 0 Å². The van der Waals surface area contributed by atoms with E-state index in [-0.39, 0.29) is 0 Å². The van der Waals surface area contributed by atoms with Gasteiger partial charge in [-0.2, -0.15) is 13.2 Å². The molecule has 96 valence electrons. The third-order valence-corrected chi connectivity index (χ3v) is 2.79. The number of hydrogen-bond acceptors (Lipinski definition) is 1. The van der Waals surface area contributed by atoms with Gasteiger partial charge in [0.2, 0.25) is 0 Å². The largest absolute Gasteiger partial charge is 0.416 e. The smallest absolute Gasteiger partial charge is 0.319 e. The van der Waals surface area contributed by atoms with Crippen LogP contribution in [0.2, 0.25) is 0 Å². The van der Waals surface area contributed by atoms with Crippen LogP contribution >= 0.6 is 0 Å². The highest BCUT2D eigenvalue weighted by Gasteiger charge is 2.30. The fourth-order valence-electron chi connectivity index (χ4n) is 1.90. The maximum absolute atomic E-state index is 12.5. The van der Waals surface area contributed by atoms with Crippen LogP contribution in [0.3, 0.4) is 0 Å². The monoisotopic (exact) mass is 245 g/mol. The first-order valence-electron chi connectivity index (χ1n) is 5.66. The van der Waals surface area contributed by atoms with Crippen LogP contribution in [-0.4, -0.2) is 13.6 Å². The van der Waals surface area contributed by atoms with Gasteiger partial charge in [-0.05, 0) is 56.1 Å². The number of halogens is 3. The van der Waals surface area contributed by atoms with E-state index < -0.39 is 11.7 Å². The molecule has 0 heterocycles. The van der Waals surface area contributed by atoms with Crippen molar-refractivity contribution in [1.82, 2.24) is 5.32 Å². The lowest BCUT2D eigenvalue weighted by Gasteiger charge is -2.14. The number of benzene rings is 1. The summed E-state index contributed by atoms with van der Waals surface area (Å²) in [6.07, 6.45) is -3.45. The summed E-state index contributed by atoms with van der Waals surface area (Å²) in [5, 5.41) is 3.06. The summed E-state index contributed by atoms with van der Waals surface area (Å²) in [4.78, 5) is 0. The predicted molar refractivity (Wildman–Crippen MR) is 63.0 cm³/mol. The molecule has 0 bridgehead atoms. The SMILES string of the molecule is CNCC(C)Cc1ccc(C(F)(F)F)cc1C. The zero-order chi connectivity index (χ0) is 13.1. The van der Waals surface area contributed by atoms with Gasteiger partial charge < -0.3 is 5.32 Å². The molecule has 0 aliphatic rings. The highest BCUT2D eigenvalue weighted by atomic mass is 19.4. The van der Waals surface area contributed by atoms with Gasteiger partial charge in [-0.15, -0.1) is 0 Å². The predicted octanol–water partition coefficient (Wildman–Crippen LogP) is 3.41. The zero-order valence-electron chi connectivity index (χ0n) is 10.4. The molecule has 0 aliphatic heterocycles. The van der Waals surface area contributed by atoms with Crippen LogP contribution in [0, 0.1) is 12.8 Å². The van der Waals surface area contributed by atoms with Gasteiger partial charge in [0, 0.05) is 0 Å². The Labute approximate surface area is 100 Å². The molecule has 0 saturated heterocycles. The molecule has 0 amide bonds. The highest BCUT2D eigenvalue weighted by molar-refractivity contribution is 5.32. The molecule has 4 heteroatoms. The summed E-state index contributed by atoms with van der Waals surface area (Å²) >= 11 is 0. The molecule has 0 aliphatic carbocycles. The lowest BCUT2D eigenvalue weighted by atomic mass is 9.96. The molecule has 1 rings (SSSR count). The van der Waals surface area contributed by atoms with Crippen molar-refractivity contribution >= 4 is 0 Å². The van der Waals surface area contributed by atoms with Gasteiger partial charge in [0.15, 0.2) is 0 Å². The number of alkyl halides is 3. The van der Waals surface area contributed by atoms with E-state index in [2.05, 4.69) is 12.2 Å². The van der Waals surface area contributed by atoms with Crippen molar-refractivity contribution in [2.45, 2.75) is 26.4 Å². The average molecular weight is 245 g/mol. The van der Waals surface area contributed by atoms with E-state index in [0.29, 0.717) is 11.5 Å². The van der Waals surface area contributed by atoms with Gasteiger partial charge in [-0.1, -0.05) is 13.0 Å². The topological polar surface area (TPSA) is 12.0 Å². The Bertz CT molecular complexity index is 371. The highest BCUT2D eigenvalue weighted by Crippen LogP contribution is 2.30. The number of hydrogen-bond donors (Lipinski definition) is 1. The Hall–Kier alpha value is -1.03. The second-order valence-corrected chi connectivity index (χ2v) is 4.51. The summed E-state index contributed by atoms with van der Waals surface area (Å²) in [5.41, 5.74) is 1.13. The first-order valence-corrected chi connectivity index (χ1v) is 5.66. The van der Waals surface area contributed by atoms with Crippen molar-refractivity contribution in [3.8, 4) is 0 Å². The molecule has 1 aromatic rings. The summed E-state index contributed by atoms with van der Waals surface area (Å²) in [6.45, 7) is 4.67. The van der Waals surface area contributed by atoms with Crippen molar-refractivity contribution in [2.75, 3.05) is 13.6 Å². The minimum Gasteiger partial charge on any atom is -0.319 e. The summed E-state index contributed by atoms with van der Waals surface area (Å²) in [7, 11) is 1.87. The molecule has 0 saturated carbocycles. The van der Waals surface area contributed by atoms with Crippen LogP contribution in [0.5, 0.6) is 0 Å². The first kappa shape index (κ1) is 14.0. The fourth-order valence-corrected chi connectivity index (χ4v) is 1.90. The van der Waals surface area contributed by atoms with E-state index in [9.17, 15) is 13.2 Å². The molecule has 1 aromatic carbocycles. The van der Waals surface area contributed by atoms with E-state index in [1.807, 2.05) is 7.05 Å². The maximum Gasteiger partial charge on any atom is 0.416 e. The molecule has 1 atom stereocenters. The Kier molecular flexibility index (Phi) is 4.57. The molecule has 1 N–H and O–H groups in total. The van der Waals surface area contributed by atoms with Crippen LogP contribution in [0.4, 0.5) is 13.2 Å². The Balaban J connectivity index is 2.83. The van der Waals surface area contributed by atoms with E-state index in [1.165, 1.54) is 6.07 Å². The summed E-state index contributed by atoms with van der Waals surface area (Å²) in [6, 6.07) is 3.97. The molecular formula is C13H18F3N. The number of nitrogens with one attached hydrogen (secondary N) is 1. The molecule has 0 fully saturated rings. The minimum absolute atomic E-state index is 0.412. The van der Waals surface area contributed by atoms with Crippen LogP contribution in [-0.2, 0) is 12.6 Å². The van der Waals surface area contributed by atoms with Gasteiger partial charge in [-0.25, -0.2) is 0 Å². The quantitative estimate of drug-likeness (QED) is 0.857. The Morgan fingerprint density at radius 3 is 2.41 bits per heavy atom. The first-order chi connectivity index (χ1) is 7.84. The lowest BCUT2D eigenvalue weighted by Crippen LogP contribution is -2.18. The molecule has 0 spiro atoms. The van der Waals surface area contributed by atoms with Crippen LogP contribution in [0.25, 0.3) is 0 Å². The number of aryl methyl sites for hydroxylation is 1. The fraction of sp³-hybridized carbons (Fsp3) is 0.538. The third-order valence-electron chi connectivity index (χ3n) is 2.79. The van der Waals surface area contributed by atoms with Crippen molar-refractivity contribution in [1.29, 1.82) is 0 Å². The lowest BCUT2D eigenvalue weighted by molar-refractivity contribution is -0.137. The summed E-state index contributed by atoms with van der Waals surface area (Å²) in [5.74, 6) is 0.412. The Morgan fingerprint density at radius 2 is 1.94 bits per heavy atom. The molecular weight excluding hydrogens is 227 g/mol. The normalized spacial score (nSPS) is 13.8. The zero-order valence-corrected chi connectivity index (χ0v) is 10.4. The van der Waals surface area contributed by atoms with E-state index in [1.54, 1.807) is 13.0 Å². The van der Waals surface area contributed by atoms with Crippen molar-refractivity contribution in [2.24, 2.45) is 5.92 Å². The summed E-state index contributed by atoms with van der Waals surface area (Å²) < 4.78 is 37.4. The third kappa shape index (κ3) is 4.04. The molecule has 1 unspecified atom stereocenters. The van der Waals surface area contributed by atoms with Crippen molar-refractivity contribution in [3.63, 3.8) is 0 Å². The van der Waals surface area contributed by atoms with Gasteiger partial charge in [0.1, 0.15) is 0 Å². The van der Waals surface area contributed by atoms with E-state index in [4.69, 9.17) is 0 Å². The van der Waals surface area contributed by atoms with Gasteiger partial charge in [0.05, 0.1) is 5.56 Å². The van der Waals surface area contributed by atoms with E-state index in [0.717, 1.165) is 24.6 Å². The average Bonchev–Trinajstić information content (AvgIpc) is 2.20. The Morgan fingerprint density at radius 1 is 1.29 bits per heavy atom. The van der Waals surface area contributed by atoms with Gasteiger partial charge >= 0.3 is 6.18 Å². The maximum atomic E-state index is 12.5. The van der Waals surface area contributed by atoms with Gasteiger partial charge in [-0.3, -0.25) is 0 Å². The van der Waals surface area contributed by atoms with Crippen molar-refractivity contribution < 1.29 is 13.2 Å². The molecule has 17 heavy (non-hydrogen) atoms. The molecule has 1 nitrogen and oxygen atoms in total. The van der Waals surface area contributed by atoms with Crippen LogP contribution in [0.15, 0.2) is 18.2 Å².